The van der Waals surface area contributed by atoms with E-state index in [0.29, 0.717) is 43.4 Å². The largest absolute Gasteiger partial charge is 0.401 e. The first-order valence-corrected chi connectivity index (χ1v) is 6.77. The van der Waals surface area contributed by atoms with Crippen LogP contribution in [0, 0.1) is 0 Å². The van der Waals surface area contributed by atoms with E-state index in [2.05, 4.69) is 4.90 Å². The highest BCUT2D eigenvalue weighted by molar-refractivity contribution is 6.31. The Morgan fingerprint density at radius 1 is 1.10 bits per heavy atom. The molecule has 1 aliphatic rings. The van der Waals surface area contributed by atoms with E-state index >= 15 is 0 Å². The maximum Gasteiger partial charge on any atom is 0.401 e. The SMILES string of the molecule is Nc1ccc(CN2CCN(CC(F)(F)F)CC2)c(Cl)c1. The molecule has 0 spiro atoms. The lowest BCUT2D eigenvalue weighted by molar-refractivity contribution is -0.149. The van der Waals surface area contributed by atoms with Crippen LogP contribution in [0.15, 0.2) is 18.2 Å². The first kappa shape index (κ1) is 15.4. The molecule has 7 heteroatoms. The highest BCUT2D eigenvalue weighted by Gasteiger charge is 2.32. The molecule has 0 unspecified atom stereocenters. The molecule has 1 fully saturated rings. The van der Waals surface area contributed by atoms with E-state index < -0.39 is 12.7 Å². The highest BCUT2D eigenvalue weighted by Crippen LogP contribution is 2.22. The number of halogens is 4. The number of benzene rings is 1. The highest BCUT2D eigenvalue weighted by atomic mass is 35.5. The molecular weight excluding hydrogens is 291 g/mol. The zero-order valence-electron chi connectivity index (χ0n) is 11.0. The summed E-state index contributed by atoms with van der Waals surface area (Å²) in [7, 11) is 0. The third-order valence-corrected chi connectivity index (χ3v) is 3.69. The van der Waals surface area contributed by atoms with Gasteiger partial charge in [0.15, 0.2) is 0 Å². The Morgan fingerprint density at radius 2 is 1.70 bits per heavy atom. The minimum absolute atomic E-state index is 0.423. The standard InChI is InChI=1S/C13H17ClF3N3/c14-12-7-11(18)2-1-10(12)8-19-3-5-20(6-4-19)9-13(15,16)17/h1-2,7H,3-6,8-9,18H2. The van der Waals surface area contributed by atoms with E-state index in [1.807, 2.05) is 6.07 Å². The number of hydrogen-bond donors (Lipinski definition) is 1. The van der Waals surface area contributed by atoms with Gasteiger partial charge < -0.3 is 5.73 Å². The lowest BCUT2D eigenvalue weighted by Crippen LogP contribution is -2.48. The third kappa shape index (κ3) is 4.54. The Kier molecular flexibility index (Phi) is 4.78. The minimum Gasteiger partial charge on any atom is -0.399 e. The Bertz CT molecular complexity index is 457. The summed E-state index contributed by atoms with van der Waals surface area (Å²) < 4.78 is 36.9. The number of hydrogen-bond acceptors (Lipinski definition) is 3. The van der Waals surface area contributed by atoms with E-state index in [-0.39, 0.29) is 0 Å². The number of piperazine rings is 1. The molecule has 0 saturated carbocycles. The van der Waals surface area contributed by atoms with Crippen molar-refractivity contribution in [3.8, 4) is 0 Å². The van der Waals surface area contributed by atoms with Gasteiger partial charge in [0.2, 0.25) is 0 Å². The number of alkyl halides is 3. The fourth-order valence-corrected chi connectivity index (χ4v) is 2.54. The molecule has 0 aromatic heterocycles. The smallest absolute Gasteiger partial charge is 0.399 e. The Balaban J connectivity index is 1.85. The lowest BCUT2D eigenvalue weighted by Gasteiger charge is -2.35. The average molecular weight is 308 g/mol. The molecule has 20 heavy (non-hydrogen) atoms. The van der Waals surface area contributed by atoms with Gasteiger partial charge in [-0.05, 0) is 17.7 Å². The minimum atomic E-state index is -4.12. The van der Waals surface area contributed by atoms with Gasteiger partial charge in [0.25, 0.3) is 0 Å². The quantitative estimate of drug-likeness (QED) is 0.871. The van der Waals surface area contributed by atoms with Gasteiger partial charge in [0.1, 0.15) is 0 Å². The maximum absolute atomic E-state index is 12.3. The molecule has 3 nitrogen and oxygen atoms in total. The molecular formula is C13H17ClF3N3. The maximum atomic E-state index is 12.3. The summed E-state index contributed by atoms with van der Waals surface area (Å²) in [6.45, 7) is 1.87. The molecule has 0 radical (unpaired) electrons. The lowest BCUT2D eigenvalue weighted by atomic mass is 10.2. The molecule has 0 bridgehead atoms. The number of rotatable bonds is 3. The molecule has 0 atom stereocenters. The van der Waals surface area contributed by atoms with Crippen LogP contribution in [-0.2, 0) is 6.54 Å². The van der Waals surface area contributed by atoms with Crippen molar-refractivity contribution in [3.63, 3.8) is 0 Å². The number of nitrogens with two attached hydrogens (primary N) is 1. The van der Waals surface area contributed by atoms with E-state index in [1.165, 1.54) is 4.90 Å². The van der Waals surface area contributed by atoms with Gasteiger partial charge >= 0.3 is 6.18 Å². The summed E-state index contributed by atoms with van der Waals surface area (Å²) in [5, 5.41) is 0.600. The van der Waals surface area contributed by atoms with Gasteiger partial charge in [-0.25, -0.2) is 0 Å². The van der Waals surface area contributed by atoms with Gasteiger partial charge in [-0.1, -0.05) is 17.7 Å². The van der Waals surface area contributed by atoms with Crippen molar-refractivity contribution >= 4 is 17.3 Å². The van der Waals surface area contributed by atoms with E-state index in [4.69, 9.17) is 17.3 Å². The van der Waals surface area contributed by atoms with Gasteiger partial charge in [0, 0.05) is 43.4 Å². The summed E-state index contributed by atoms with van der Waals surface area (Å²) >= 11 is 6.10. The Morgan fingerprint density at radius 3 is 2.25 bits per heavy atom. The summed E-state index contributed by atoms with van der Waals surface area (Å²) in [5.41, 5.74) is 7.18. The van der Waals surface area contributed by atoms with Crippen LogP contribution >= 0.6 is 11.6 Å². The monoisotopic (exact) mass is 307 g/mol. The second kappa shape index (κ2) is 6.20. The first-order valence-electron chi connectivity index (χ1n) is 6.39. The average Bonchev–Trinajstić information content (AvgIpc) is 2.33. The summed E-state index contributed by atoms with van der Waals surface area (Å²) in [4.78, 5) is 3.53. The first-order chi connectivity index (χ1) is 9.33. The number of nitrogen functional groups attached to an aromatic ring is 1. The van der Waals surface area contributed by atoms with Crippen LogP contribution in [0.1, 0.15) is 5.56 Å². The van der Waals surface area contributed by atoms with Crippen molar-refractivity contribution in [2.75, 3.05) is 38.5 Å². The van der Waals surface area contributed by atoms with Crippen molar-refractivity contribution < 1.29 is 13.2 Å². The van der Waals surface area contributed by atoms with Crippen molar-refractivity contribution in [2.45, 2.75) is 12.7 Å². The van der Waals surface area contributed by atoms with Crippen LogP contribution in [0.3, 0.4) is 0 Å². The molecule has 1 saturated heterocycles. The van der Waals surface area contributed by atoms with E-state index in [0.717, 1.165) is 5.56 Å². The van der Waals surface area contributed by atoms with Crippen LogP contribution in [0.2, 0.25) is 5.02 Å². The van der Waals surface area contributed by atoms with Crippen LogP contribution in [-0.4, -0.2) is 48.7 Å². The number of nitrogens with zero attached hydrogens (tertiary/aromatic N) is 2. The number of anilines is 1. The summed E-state index contributed by atoms with van der Waals surface area (Å²) in [5.74, 6) is 0. The molecule has 0 amide bonds. The van der Waals surface area contributed by atoms with Crippen LogP contribution in [0.25, 0.3) is 0 Å². The predicted molar refractivity (Wildman–Crippen MR) is 73.6 cm³/mol. The molecule has 1 aromatic rings. The molecule has 112 valence electrons. The van der Waals surface area contributed by atoms with E-state index in [9.17, 15) is 13.2 Å². The Labute approximate surface area is 121 Å². The van der Waals surface area contributed by atoms with Crippen LogP contribution < -0.4 is 5.73 Å². The normalized spacial score (nSPS) is 18.4. The molecule has 2 N–H and O–H groups in total. The molecule has 1 heterocycles. The molecule has 0 aliphatic carbocycles. The summed E-state index contributed by atoms with van der Waals surface area (Å²) in [6.07, 6.45) is -4.12. The molecule has 1 aromatic carbocycles. The van der Waals surface area contributed by atoms with Crippen LogP contribution in [0.5, 0.6) is 0 Å². The van der Waals surface area contributed by atoms with Gasteiger partial charge in [-0.2, -0.15) is 13.2 Å². The van der Waals surface area contributed by atoms with Crippen LogP contribution in [0.4, 0.5) is 18.9 Å². The fraction of sp³-hybridized carbons (Fsp3) is 0.538. The zero-order valence-corrected chi connectivity index (χ0v) is 11.7. The second-order valence-electron chi connectivity index (χ2n) is 5.02. The van der Waals surface area contributed by atoms with Gasteiger partial charge in [-0.15, -0.1) is 0 Å². The van der Waals surface area contributed by atoms with Gasteiger partial charge in [-0.3, -0.25) is 9.80 Å². The van der Waals surface area contributed by atoms with Crippen molar-refractivity contribution in [3.05, 3.63) is 28.8 Å². The van der Waals surface area contributed by atoms with Crippen molar-refractivity contribution in [1.29, 1.82) is 0 Å². The zero-order chi connectivity index (χ0) is 14.8. The molecule has 2 rings (SSSR count). The summed E-state index contributed by atoms with van der Waals surface area (Å²) in [6, 6.07) is 5.33. The molecule has 1 aliphatic heterocycles. The van der Waals surface area contributed by atoms with Crippen molar-refractivity contribution in [2.24, 2.45) is 0 Å². The predicted octanol–water partition coefficient (Wildman–Crippen LogP) is 2.60. The Hall–Kier alpha value is -0.980. The second-order valence-corrected chi connectivity index (χ2v) is 5.43. The third-order valence-electron chi connectivity index (χ3n) is 3.34. The van der Waals surface area contributed by atoms with E-state index in [1.54, 1.807) is 12.1 Å². The topological polar surface area (TPSA) is 32.5 Å². The van der Waals surface area contributed by atoms with Crippen molar-refractivity contribution in [1.82, 2.24) is 9.80 Å². The fourth-order valence-electron chi connectivity index (χ4n) is 2.29. The van der Waals surface area contributed by atoms with Gasteiger partial charge in [0.05, 0.1) is 6.54 Å².